The molecule has 0 fully saturated rings. The fraction of sp³-hybridized carbons (Fsp3) is 0.611. The predicted molar refractivity (Wildman–Crippen MR) is 100 cm³/mol. The fourth-order valence-corrected chi connectivity index (χ4v) is 2.45. The number of methoxy groups -OCH3 is 2. The molecule has 0 aliphatic carbocycles. The molecule has 0 aliphatic rings. The van der Waals surface area contributed by atoms with E-state index < -0.39 is 0 Å². The Labute approximate surface area is 146 Å². The summed E-state index contributed by atoms with van der Waals surface area (Å²) in [5.41, 5.74) is 1.19. The van der Waals surface area contributed by atoms with Crippen LogP contribution in [0.1, 0.15) is 19.4 Å². The van der Waals surface area contributed by atoms with Gasteiger partial charge in [-0.05, 0) is 37.2 Å². The van der Waals surface area contributed by atoms with Gasteiger partial charge in [-0.1, -0.05) is 19.9 Å². The minimum absolute atomic E-state index is 0.753. The zero-order valence-corrected chi connectivity index (χ0v) is 15.7. The van der Waals surface area contributed by atoms with Crippen molar-refractivity contribution >= 4 is 5.96 Å². The average molecular weight is 336 g/mol. The second kappa shape index (κ2) is 11.6. The van der Waals surface area contributed by atoms with Gasteiger partial charge in [-0.25, -0.2) is 0 Å². The summed E-state index contributed by atoms with van der Waals surface area (Å²) < 4.78 is 10.6. The minimum atomic E-state index is 0.753. The SMILES string of the molecule is CCN(CC)CCNC(=NC)NCCc1ccc(OC)c(OC)c1. The number of nitrogens with zero attached hydrogens (tertiary/aromatic N) is 2. The molecule has 1 rings (SSSR count). The Morgan fingerprint density at radius 1 is 1.04 bits per heavy atom. The molecule has 1 aromatic carbocycles. The van der Waals surface area contributed by atoms with Gasteiger partial charge in [0.2, 0.25) is 0 Å². The maximum atomic E-state index is 5.34. The average Bonchev–Trinajstić information content (AvgIpc) is 2.63. The van der Waals surface area contributed by atoms with Gasteiger partial charge in [0.05, 0.1) is 14.2 Å². The maximum absolute atomic E-state index is 5.34. The summed E-state index contributed by atoms with van der Waals surface area (Å²) in [6.45, 7) is 9.22. The predicted octanol–water partition coefficient (Wildman–Crippen LogP) is 1.75. The van der Waals surface area contributed by atoms with Crippen LogP contribution in [0, 0.1) is 0 Å². The van der Waals surface area contributed by atoms with Crippen molar-refractivity contribution in [2.75, 3.05) is 54.0 Å². The molecule has 0 unspecified atom stereocenters. The Bertz CT molecular complexity index is 502. The number of aliphatic imine (C=N–C) groups is 1. The minimum Gasteiger partial charge on any atom is -0.493 e. The summed E-state index contributed by atoms with van der Waals surface area (Å²) in [6.07, 6.45) is 0.886. The van der Waals surface area contributed by atoms with E-state index in [4.69, 9.17) is 9.47 Å². The maximum Gasteiger partial charge on any atom is 0.191 e. The lowest BCUT2D eigenvalue weighted by Crippen LogP contribution is -2.42. The van der Waals surface area contributed by atoms with Gasteiger partial charge >= 0.3 is 0 Å². The lowest BCUT2D eigenvalue weighted by atomic mass is 10.1. The highest BCUT2D eigenvalue weighted by Gasteiger charge is 2.05. The normalized spacial score (nSPS) is 11.5. The Hall–Kier alpha value is -1.95. The number of rotatable bonds is 10. The highest BCUT2D eigenvalue weighted by atomic mass is 16.5. The molecular weight excluding hydrogens is 304 g/mol. The van der Waals surface area contributed by atoms with Gasteiger partial charge in [0.15, 0.2) is 17.5 Å². The Morgan fingerprint density at radius 2 is 1.71 bits per heavy atom. The summed E-state index contributed by atoms with van der Waals surface area (Å²) in [5.74, 6) is 2.35. The van der Waals surface area contributed by atoms with Crippen LogP contribution in [-0.4, -0.2) is 64.9 Å². The van der Waals surface area contributed by atoms with E-state index in [0.29, 0.717) is 0 Å². The molecule has 0 saturated heterocycles. The molecule has 0 aromatic heterocycles. The van der Waals surface area contributed by atoms with Crippen LogP contribution in [-0.2, 0) is 6.42 Å². The van der Waals surface area contributed by atoms with E-state index >= 15 is 0 Å². The van der Waals surface area contributed by atoms with Crippen molar-refractivity contribution < 1.29 is 9.47 Å². The number of likely N-dealkylation sites (N-methyl/N-ethyl adjacent to an activating group) is 1. The monoisotopic (exact) mass is 336 g/mol. The Morgan fingerprint density at radius 3 is 2.29 bits per heavy atom. The molecule has 0 saturated carbocycles. The standard InChI is InChI=1S/C18H32N4O2/c1-6-22(7-2)13-12-21-18(19-3)20-11-10-15-8-9-16(23-4)17(14-15)24-5/h8-9,14H,6-7,10-13H2,1-5H3,(H2,19,20,21). The zero-order valence-electron chi connectivity index (χ0n) is 15.7. The van der Waals surface area contributed by atoms with Gasteiger partial charge in [-0.2, -0.15) is 0 Å². The van der Waals surface area contributed by atoms with Crippen molar-refractivity contribution in [1.29, 1.82) is 0 Å². The summed E-state index contributed by atoms with van der Waals surface area (Å²) >= 11 is 0. The summed E-state index contributed by atoms with van der Waals surface area (Å²) in [6, 6.07) is 6.00. The van der Waals surface area contributed by atoms with Gasteiger partial charge in [0.25, 0.3) is 0 Å². The highest BCUT2D eigenvalue weighted by Crippen LogP contribution is 2.27. The van der Waals surface area contributed by atoms with Crippen molar-refractivity contribution in [3.63, 3.8) is 0 Å². The third kappa shape index (κ3) is 6.66. The Balaban J connectivity index is 2.39. The first-order valence-electron chi connectivity index (χ1n) is 8.56. The van der Waals surface area contributed by atoms with Crippen LogP contribution < -0.4 is 20.1 Å². The topological polar surface area (TPSA) is 58.1 Å². The van der Waals surface area contributed by atoms with Gasteiger partial charge in [-0.3, -0.25) is 4.99 Å². The summed E-state index contributed by atoms with van der Waals surface area (Å²) in [5, 5.41) is 6.69. The van der Waals surface area contributed by atoms with Gasteiger partial charge < -0.3 is 25.0 Å². The number of benzene rings is 1. The molecule has 0 atom stereocenters. The molecule has 0 bridgehead atoms. The molecule has 0 spiro atoms. The molecule has 24 heavy (non-hydrogen) atoms. The van der Waals surface area contributed by atoms with E-state index in [1.807, 2.05) is 12.1 Å². The fourth-order valence-electron chi connectivity index (χ4n) is 2.45. The number of guanidine groups is 1. The van der Waals surface area contributed by atoms with Crippen LogP contribution in [0.5, 0.6) is 11.5 Å². The van der Waals surface area contributed by atoms with Crippen LogP contribution in [0.4, 0.5) is 0 Å². The van der Waals surface area contributed by atoms with Gasteiger partial charge in [0, 0.05) is 26.7 Å². The van der Waals surface area contributed by atoms with Crippen LogP contribution in [0.15, 0.2) is 23.2 Å². The zero-order chi connectivity index (χ0) is 17.8. The van der Waals surface area contributed by atoms with Crippen molar-refractivity contribution in [2.45, 2.75) is 20.3 Å². The second-order valence-corrected chi connectivity index (χ2v) is 5.39. The van der Waals surface area contributed by atoms with Crippen molar-refractivity contribution in [1.82, 2.24) is 15.5 Å². The van der Waals surface area contributed by atoms with E-state index in [9.17, 15) is 0 Å². The molecular formula is C18H32N4O2. The Kier molecular flexibility index (Phi) is 9.68. The first-order chi connectivity index (χ1) is 11.7. The first kappa shape index (κ1) is 20.1. The second-order valence-electron chi connectivity index (χ2n) is 5.39. The summed E-state index contributed by atoms with van der Waals surface area (Å²) in [4.78, 5) is 6.64. The van der Waals surface area contributed by atoms with Crippen molar-refractivity contribution in [3.05, 3.63) is 23.8 Å². The molecule has 1 aromatic rings. The molecule has 0 aliphatic heterocycles. The lowest BCUT2D eigenvalue weighted by Gasteiger charge is -2.19. The molecule has 2 N–H and O–H groups in total. The van der Waals surface area contributed by atoms with E-state index in [-0.39, 0.29) is 0 Å². The largest absolute Gasteiger partial charge is 0.493 e. The molecule has 0 radical (unpaired) electrons. The quantitative estimate of drug-likeness (QED) is 0.504. The van der Waals surface area contributed by atoms with Gasteiger partial charge in [-0.15, -0.1) is 0 Å². The summed E-state index contributed by atoms with van der Waals surface area (Å²) in [7, 11) is 5.09. The van der Waals surface area contributed by atoms with Gasteiger partial charge in [0.1, 0.15) is 0 Å². The van der Waals surface area contributed by atoms with Crippen LogP contribution in [0.2, 0.25) is 0 Å². The van der Waals surface area contributed by atoms with Crippen molar-refractivity contribution in [3.8, 4) is 11.5 Å². The lowest BCUT2D eigenvalue weighted by molar-refractivity contribution is 0.308. The van der Waals surface area contributed by atoms with Crippen molar-refractivity contribution in [2.24, 2.45) is 4.99 Å². The van der Waals surface area contributed by atoms with Crippen LogP contribution >= 0.6 is 0 Å². The number of nitrogens with one attached hydrogen (secondary N) is 2. The van der Waals surface area contributed by atoms with E-state index in [1.54, 1.807) is 21.3 Å². The molecule has 136 valence electrons. The van der Waals surface area contributed by atoms with E-state index in [0.717, 1.165) is 56.6 Å². The third-order valence-electron chi connectivity index (χ3n) is 3.99. The number of hydrogen-bond acceptors (Lipinski definition) is 4. The molecule has 6 nitrogen and oxygen atoms in total. The molecule has 0 amide bonds. The van der Waals surface area contributed by atoms with Crippen LogP contribution in [0.3, 0.4) is 0 Å². The van der Waals surface area contributed by atoms with E-state index in [2.05, 4.69) is 40.4 Å². The molecule has 6 heteroatoms. The number of hydrogen-bond donors (Lipinski definition) is 2. The van der Waals surface area contributed by atoms with Crippen LogP contribution in [0.25, 0.3) is 0 Å². The highest BCUT2D eigenvalue weighted by molar-refractivity contribution is 5.79. The number of ether oxygens (including phenoxy) is 2. The van der Waals surface area contributed by atoms with E-state index in [1.165, 1.54) is 5.56 Å². The molecule has 0 heterocycles. The first-order valence-corrected chi connectivity index (χ1v) is 8.56. The third-order valence-corrected chi connectivity index (χ3v) is 3.99. The smallest absolute Gasteiger partial charge is 0.191 e.